The SMILES string of the molecule is COc1cccc(/C=N/O)c1F. The molecule has 1 N–H and O–H groups in total. The lowest BCUT2D eigenvalue weighted by atomic mass is 10.2. The summed E-state index contributed by atoms with van der Waals surface area (Å²) in [6, 6.07) is 4.58. The number of halogens is 1. The van der Waals surface area contributed by atoms with Crippen molar-refractivity contribution in [1.29, 1.82) is 0 Å². The Balaban J connectivity index is 3.13. The predicted molar refractivity (Wildman–Crippen MR) is 42.3 cm³/mol. The minimum absolute atomic E-state index is 0.132. The van der Waals surface area contributed by atoms with Crippen molar-refractivity contribution in [2.75, 3.05) is 7.11 Å². The Morgan fingerprint density at radius 3 is 2.92 bits per heavy atom. The van der Waals surface area contributed by atoms with Crippen LogP contribution in [0.4, 0.5) is 4.39 Å². The highest BCUT2D eigenvalue weighted by atomic mass is 19.1. The number of rotatable bonds is 2. The molecule has 0 aliphatic rings. The molecule has 0 unspecified atom stereocenters. The van der Waals surface area contributed by atoms with Crippen LogP contribution in [0.1, 0.15) is 5.56 Å². The molecule has 12 heavy (non-hydrogen) atoms. The van der Waals surface area contributed by atoms with E-state index in [0.29, 0.717) is 0 Å². The Kier molecular flexibility index (Phi) is 2.63. The van der Waals surface area contributed by atoms with Gasteiger partial charge in [0.2, 0.25) is 0 Å². The summed E-state index contributed by atoms with van der Waals surface area (Å²) < 4.78 is 17.8. The molecular weight excluding hydrogens is 161 g/mol. The first kappa shape index (κ1) is 8.52. The summed E-state index contributed by atoms with van der Waals surface area (Å²) in [7, 11) is 1.37. The smallest absolute Gasteiger partial charge is 0.173 e. The molecule has 0 radical (unpaired) electrons. The molecule has 4 heteroatoms. The molecule has 0 spiro atoms. The molecule has 3 nitrogen and oxygen atoms in total. The van der Waals surface area contributed by atoms with Crippen LogP contribution in [0.3, 0.4) is 0 Å². The number of nitrogens with zero attached hydrogens (tertiary/aromatic N) is 1. The average Bonchev–Trinajstić information content (AvgIpc) is 2.09. The zero-order valence-electron chi connectivity index (χ0n) is 6.49. The van der Waals surface area contributed by atoms with E-state index >= 15 is 0 Å². The number of methoxy groups -OCH3 is 1. The Hall–Kier alpha value is -1.58. The predicted octanol–water partition coefficient (Wildman–Crippen LogP) is 1.64. The summed E-state index contributed by atoms with van der Waals surface area (Å²) in [5.41, 5.74) is 0.192. The maximum atomic E-state index is 13.1. The molecule has 0 heterocycles. The highest BCUT2D eigenvalue weighted by Crippen LogP contribution is 2.18. The maximum absolute atomic E-state index is 13.1. The molecule has 0 saturated carbocycles. The zero-order chi connectivity index (χ0) is 8.97. The van der Waals surface area contributed by atoms with Gasteiger partial charge < -0.3 is 9.94 Å². The third-order valence-electron chi connectivity index (χ3n) is 1.41. The second-order valence-electron chi connectivity index (χ2n) is 2.11. The average molecular weight is 169 g/mol. The van der Waals surface area contributed by atoms with Crippen LogP contribution in [-0.2, 0) is 0 Å². The minimum Gasteiger partial charge on any atom is -0.494 e. The van der Waals surface area contributed by atoms with Crippen molar-refractivity contribution < 1.29 is 14.3 Å². The molecule has 0 aliphatic carbocycles. The van der Waals surface area contributed by atoms with Gasteiger partial charge in [0.25, 0.3) is 0 Å². The van der Waals surface area contributed by atoms with Crippen molar-refractivity contribution in [2.45, 2.75) is 0 Å². The summed E-state index contributed by atoms with van der Waals surface area (Å²) in [6.45, 7) is 0. The third-order valence-corrected chi connectivity index (χ3v) is 1.41. The molecule has 1 aromatic carbocycles. The molecule has 0 bridgehead atoms. The number of ether oxygens (including phenoxy) is 1. The normalized spacial score (nSPS) is 10.5. The van der Waals surface area contributed by atoms with Crippen LogP contribution < -0.4 is 4.74 Å². The fourth-order valence-corrected chi connectivity index (χ4v) is 0.847. The molecular formula is C8H8FNO2. The number of hydrogen-bond acceptors (Lipinski definition) is 3. The van der Waals surface area contributed by atoms with Gasteiger partial charge in [0.05, 0.1) is 13.3 Å². The van der Waals surface area contributed by atoms with Crippen LogP contribution in [0.2, 0.25) is 0 Å². The fraction of sp³-hybridized carbons (Fsp3) is 0.125. The minimum atomic E-state index is -0.530. The molecule has 0 atom stereocenters. The monoisotopic (exact) mass is 169 g/mol. The van der Waals surface area contributed by atoms with Gasteiger partial charge in [-0.05, 0) is 6.07 Å². The van der Waals surface area contributed by atoms with Gasteiger partial charge in [-0.25, -0.2) is 4.39 Å². The van der Waals surface area contributed by atoms with Crippen molar-refractivity contribution >= 4 is 6.21 Å². The van der Waals surface area contributed by atoms with Gasteiger partial charge in [0, 0.05) is 5.56 Å². The number of hydrogen-bond donors (Lipinski definition) is 1. The van der Waals surface area contributed by atoms with Crippen molar-refractivity contribution in [2.24, 2.45) is 5.16 Å². The highest BCUT2D eigenvalue weighted by molar-refractivity contribution is 5.80. The Morgan fingerprint density at radius 2 is 2.33 bits per heavy atom. The summed E-state index contributed by atoms with van der Waals surface area (Å²) in [6.07, 6.45) is 1.01. The van der Waals surface area contributed by atoms with E-state index in [0.717, 1.165) is 6.21 Å². The van der Waals surface area contributed by atoms with Crippen LogP contribution in [0, 0.1) is 5.82 Å². The van der Waals surface area contributed by atoms with Crippen molar-refractivity contribution in [3.05, 3.63) is 29.6 Å². The van der Waals surface area contributed by atoms with E-state index in [9.17, 15) is 4.39 Å². The first-order chi connectivity index (χ1) is 5.79. The molecule has 64 valence electrons. The van der Waals surface area contributed by atoms with Gasteiger partial charge >= 0.3 is 0 Å². The topological polar surface area (TPSA) is 41.8 Å². The highest BCUT2D eigenvalue weighted by Gasteiger charge is 2.05. The molecule has 0 saturated heterocycles. The first-order valence-electron chi connectivity index (χ1n) is 3.29. The number of oxime groups is 1. The molecule has 0 aliphatic heterocycles. The lowest BCUT2D eigenvalue weighted by Crippen LogP contribution is -1.93. The quantitative estimate of drug-likeness (QED) is 0.415. The Morgan fingerprint density at radius 1 is 1.58 bits per heavy atom. The van der Waals surface area contributed by atoms with Crippen molar-refractivity contribution in [3.8, 4) is 5.75 Å². The largest absolute Gasteiger partial charge is 0.494 e. The van der Waals surface area contributed by atoms with Gasteiger partial charge in [-0.2, -0.15) is 0 Å². The van der Waals surface area contributed by atoms with E-state index in [1.807, 2.05) is 0 Å². The molecule has 1 rings (SSSR count). The van der Waals surface area contributed by atoms with E-state index in [1.54, 1.807) is 6.07 Å². The van der Waals surface area contributed by atoms with E-state index in [2.05, 4.69) is 5.16 Å². The maximum Gasteiger partial charge on any atom is 0.173 e. The van der Waals surface area contributed by atoms with E-state index in [1.165, 1.54) is 19.2 Å². The lowest BCUT2D eigenvalue weighted by molar-refractivity contribution is 0.321. The summed E-state index contributed by atoms with van der Waals surface area (Å²) in [4.78, 5) is 0. The number of benzene rings is 1. The zero-order valence-corrected chi connectivity index (χ0v) is 6.49. The molecule has 0 fully saturated rings. The second kappa shape index (κ2) is 3.71. The molecule has 1 aromatic rings. The summed E-state index contributed by atoms with van der Waals surface area (Å²) >= 11 is 0. The summed E-state index contributed by atoms with van der Waals surface area (Å²) in [5.74, 6) is -0.398. The van der Waals surface area contributed by atoms with E-state index in [-0.39, 0.29) is 11.3 Å². The lowest BCUT2D eigenvalue weighted by Gasteiger charge is -2.02. The Bertz CT molecular complexity index is 299. The fourth-order valence-electron chi connectivity index (χ4n) is 0.847. The van der Waals surface area contributed by atoms with Crippen LogP contribution in [0.5, 0.6) is 5.75 Å². The van der Waals surface area contributed by atoms with Crippen LogP contribution in [0.25, 0.3) is 0 Å². The van der Waals surface area contributed by atoms with Crippen LogP contribution >= 0.6 is 0 Å². The summed E-state index contributed by atoms with van der Waals surface area (Å²) in [5, 5.41) is 10.9. The second-order valence-corrected chi connectivity index (χ2v) is 2.11. The molecule has 0 amide bonds. The van der Waals surface area contributed by atoms with Crippen molar-refractivity contribution in [1.82, 2.24) is 0 Å². The van der Waals surface area contributed by atoms with Crippen molar-refractivity contribution in [3.63, 3.8) is 0 Å². The van der Waals surface area contributed by atoms with Gasteiger partial charge in [-0.3, -0.25) is 0 Å². The molecule has 0 aromatic heterocycles. The van der Waals surface area contributed by atoms with Crippen LogP contribution in [0.15, 0.2) is 23.4 Å². The van der Waals surface area contributed by atoms with E-state index < -0.39 is 5.82 Å². The van der Waals surface area contributed by atoms with Gasteiger partial charge in [0.15, 0.2) is 11.6 Å². The van der Waals surface area contributed by atoms with E-state index in [4.69, 9.17) is 9.94 Å². The van der Waals surface area contributed by atoms with Gasteiger partial charge in [-0.1, -0.05) is 17.3 Å². The van der Waals surface area contributed by atoms with Gasteiger partial charge in [-0.15, -0.1) is 0 Å². The van der Waals surface area contributed by atoms with Crippen LogP contribution in [-0.4, -0.2) is 18.5 Å². The standard InChI is InChI=1S/C8H8FNO2/c1-12-7-4-2-3-6(5-10-11)8(7)9/h2-5,11H,1H3/b10-5+. The Labute approximate surface area is 69.1 Å². The first-order valence-corrected chi connectivity index (χ1v) is 3.29. The van der Waals surface area contributed by atoms with Gasteiger partial charge in [0.1, 0.15) is 0 Å². The third kappa shape index (κ3) is 1.53.